The average molecular weight is 261 g/mol. The molecule has 1 aromatic heterocycles. The molecule has 1 unspecified atom stereocenters. The number of carbonyl (C=O) groups excluding carboxylic acids is 1. The van der Waals surface area contributed by atoms with Crippen LogP contribution in [0.15, 0.2) is 22.6 Å². The number of rotatable bonds is 4. The Bertz CT molecular complexity index is 589. The van der Waals surface area contributed by atoms with E-state index in [2.05, 4.69) is 4.98 Å². The highest BCUT2D eigenvalue weighted by molar-refractivity contribution is 5.81. The van der Waals surface area contributed by atoms with Crippen molar-refractivity contribution in [3.8, 4) is 0 Å². The quantitative estimate of drug-likeness (QED) is 0.905. The molecule has 0 aliphatic carbocycles. The third-order valence-corrected chi connectivity index (χ3v) is 3.06. The second kappa shape index (κ2) is 5.40. The zero-order valence-corrected chi connectivity index (χ0v) is 11.5. The van der Waals surface area contributed by atoms with E-state index in [-0.39, 0.29) is 5.91 Å². The molecular formula is C14H19N3O2. The molecule has 1 atom stereocenters. The first kappa shape index (κ1) is 13.5. The van der Waals surface area contributed by atoms with Crippen LogP contribution in [0.5, 0.6) is 0 Å². The van der Waals surface area contributed by atoms with Crippen molar-refractivity contribution >= 4 is 17.0 Å². The Morgan fingerprint density at radius 3 is 2.95 bits per heavy atom. The van der Waals surface area contributed by atoms with Crippen molar-refractivity contribution in [1.82, 2.24) is 9.88 Å². The van der Waals surface area contributed by atoms with Crippen LogP contribution in [0, 0.1) is 6.92 Å². The van der Waals surface area contributed by atoms with Gasteiger partial charge in [0.15, 0.2) is 11.5 Å². The molecule has 0 bridgehead atoms. The second-order valence-corrected chi connectivity index (χ2v) is 4.83. The molecule has 0 aliphatic rings. The van der Waals surface area contributed by atoms with Crippen LogP contribution >= 0.6 is 0 Å². The Morgan fingerprint density at radius 1 is 1.53 bits per heavy atom. The summed E-state index contributed by atoms with van der Waals surface area (Å²) < 4.78 is 5.49. The number of oxazole rings is 1. The summed E-state index contributed by atoms with van der Waals surface area (Å²) in [5.74, 6) is 0.619. The average Bonchev–Trinajstić information content (AvgIpc) is 2.74. The smallest absolute Gasteiger partial charge is 0.238 e. The second-order valence-electron chi connectivity index (χ2n) is 4.83. The Balaban J connectivity index is 2.03. The summed E-state index contributed by atoms with van der Waals surface area (Å²) in [4.78, 5) is 17.6. The summed E-state index contributed by atoms with van der Waals surface area (Å²) in [5, 5.41) is 0. The fourth-order valence-corrected chi connectivity index (χ4v) is 1.99. The van der Waals surface area contributed by atoms with Crippen LogP contribution in [0.25, 0.3) is 11.1 Å². The standard InChI is InChI=1S/C14H19N3O2/c1-9(15)14(18)17(3)7-6-11-4-5-12-13(8-11)19-10(2)16-12/h4-5,8-9H,6-7,15H2,1-3H3. The maximum Gasteiger partial charge on any atom is 0.238 e. The highest BCUT2D eigenvalue weighted by Crippen LogP contribution is 2.17. The third kappa shape index (κ3) is 3.12. The monoisotopic (exact) mass is 261 g/mol. The van der Waals surface area contributed by atoms with Crippen molar-refractivity contribution < 1.29 is 9.21 Å². The van der Waals surface area contributed by atoms with E-state index in [0.717, 1.165) is 23.1 Å². The molecule has 0 saturated heterocycles. The molecule has 0 radical (unpaired) electrons. The zero-order valence-electron chi connectivity index (χ0n) is 11.5. The number of amides is 1. The number of aromatic nitrogens is 1. The van der Waals surface area contributed by atoms with Crippen LogP contribution in [0.1, 0.15) is 18.4 Å². The van der Waals surface area contributed by atoms with Crippen molar-refractivity contribution in [2.75, 3.05) is 13.6 Å². The predicted octanol–water partition coefficient (Wildman–Crippen LogP) is 1.48. The minimum Gasteiger partial charge on any atom is -0.441 e. The number of benzene rings is 1. The van der Waals surface area contributed by atoms with Gasteiger partial charge in [0, 0.05) is 20.5 Å². The Hall–Kier alpha value is -1.88. The lowest BCUT2D eigenvalue weighted by Gasteiger charge is -2.19. The Kier molecular flexibility index (Phi) is 3.85. The lowest BCUT2D eigenvalue weighted by molar-refractivity contribution is -0.130. The molecule has 102 valence electrons. The molecule has 5 nitrogen and oxygen atoms in total. The van der Waals surface area contributed by atoms with Crippen molar-refractivity contribution in [1.29, 1.82) is 0 Å². The molecule has 1 heterocycles. The van der Waals surface area contributed by atoms with Crippen LogP contribution in [-0.2, 0) is 11.2 Å². The largest absolute Gasteiger partial charge is 0.441 e. The van der Waals surface area contributed by atoms with Gasteiger partial charge in [0.25, 0.3) is 0 Å². The number of fused-ring (bicyclic) bond motifs is 1. The van der Waals surface area contributed by atoms with Crippen LogP contribution in [0.2, 0.25) is 0 Å². The van der Waals surface area contributed by atoms with Gasteiger partial charge in [0.1, 0.15) is 5.52 Å². The normalized spacial score (nSPS) is 12.6. The number of carbonyl (C=O) groups is 1. The molecule has 2 N–H and O–H groups in total. The van der Waals surface area contributed by atoms with Crippen LogP contribution in [0.4, 0.5) is 0 Å². The van der Waals surface area contributed by atoms with Gasteiger partial charge in [-0.25, -0.2) is 4.98 Å². The SMILES string of the molecule is Cc1nc2ccc(CCN(C)C(=O)C(C)N)cc2o1. The topological polar surface area (TPSA) is 72.4 Å². The number of hydrogen-bond donors (Lipinski definition) is 1. The van der Waals surface area contributed by atoms with Gasteiger partial charge in [-0.3, -0.25) is 4.79 Å². The minimum absolute atomic E-state index is 0.0448. The van der Waals surface area contributed by atoms with E-state index in [9.17, 15) is 4.79 Å². The van der Waals surface area contributed by atoms with E-state index in [1.54, 1.807) is 18.9 Å². The summed E-state index contributed by atoms with van der Waals surface area (Å²) in [5.41, 5.74) is 8.34. The predicted molar refractivity (Wildman–Crippen MR) is 73.7 cm³/mol. The summed E-state index contributed by atoms with van der Waals surface area (Å²) in [7, 11) is 1.77. The summed E-state index contributed by atoms with van der Waals surface area (Å²) in [6, 6.07) is 5.46. The van der Waals surface area contributed by atoms with Crippen LogP contribution < -0.4 is 5.73 Å². The van der Waals surface area contributed by atoms with E-state index >= 15 is 0 Å². The van der Waals surface area contributed by atoms with Gasteiger partial charge < -0.3 is 15.1 Å². The molecule has 5 heteroatoms. The van der Waals surface area contributed by atoms with Gasteiger partial charge in [0.05, 0.1) is 6.04 Å². The van der Waals surface area contributed by atoms with Crippen molar-refractivity contribution in [3.63, 3.8) is 0 Å². The van der Waals surface area contributed by atoms with E-state index < -0.39 is 6.04 Å². The highest BCUT2D eigenvalue weighted by Gasteiger charge is 2.13. The van der Waals surface area contributed by atoms with Crippen molar-refractivity contribution in [2.24, 2.45) is 5.73 Å². The van der Waals surface area contributed by atoms with Crippen LogP contribution in [-0.4, -0.2) is 35.4 Å². The molecule has 2 rings (SSSR count). The fraction of sp³-hybridized carbons (Fsp3) is 0.429. The summed E-state index contributed by atoms with van der Waals surface area (Å²) in [6.07, 6.45) is 0.768. The molecule has 1 aromatic carbocycles. The highest BCUT2D eigenvalue weighted by atomic mass is 16.3. The van der Waals surface area contributed by atoms with Crippen molar-refractivity contribution in [2.45, 2.75) is 26.3 Å². The number of aryl methyl sites for hydroxylation is 1. The first-order valence-electron chi connectivity index (χ1n) is 6.34. The molecule has 19 heavy (non-hydrogen) atoms. The first-order chi connectivity index (χ1) is 8.97. The van der Waals surface area contributed by atoms with Gasteiger partial charge in [-0.2, -0.15) is 0 Å². The molecule has 1 amide bonds. The maximum atomic E-state index is 11.7. The lowest BCUT2D eigenvalue weighted by atomic mass is 10.1. The molecule has 0 fully saturated rings. The lowest BCUT2D eigenvalue weighted by Crippen LogP contribution is -2.40. The molecule has 0 saturated carbocycles. The Morgan fingerprint density at radius 2 is 2.26 bits per heavy atom. The van der Waals surface area contributed by atoms with Gasteiger partial charge in [0.2, 0.25) is 5.91 Å². The number of nitrogens with two attached hydrogens (primary N) is 1. The van der Waals surface area contributed by atoms with Gasteiger partial charge in [-0.15, -0.1) is 0 Å². The van der Waals surface area contributed by atoms with Crippen molar-refractivity contribution in [3.05, 3.63) is 29.7 Å². The molecule has 0 aliphatic heterocycles. The minimum atomic E-state index is -0.454. The molecular weight excluding hydrogens is 242 g/mol. The van der Waals surface area contributed by atoms with E-state index in [4.69, 9.17) is 10.2 Å². The Labute approximate surface area is 112 Å². The molecule has 2 aromatic rings. The van der Waals surface area contributed by atoms with E-state index in [1.807, 2.05) is 25.1 Å². The van der Waals surface area contributed by atoms with E-state index in [1.165, 1.54) is 0 Å². The van der Waals surface area contributed by atoms with Gasteiger partial charge in [-0.1, -0.05) is 6.07 Å². The maximum absolute atomic E-state index is 11.7. The third-order valence-electron chi connectivity index (χ3n) is 3.06. The van der Waals surface area contributed by atoms with Gasteiger partial charge in [-0.05, 0) is 31.0 Å². The number of likely N-dealkylation sites (N-methyl/N-ethyl adjacent to an activating group) is 1. The number of hydrogen-bond acceptors (Lipinski definition) is 4. The molecule has 0 spiro atoms. The number of nitrogens with zero attached hydrogens (tertiary/aromatic N) is 2. The fourth-order valence-electron chi connectivity index (χ4n) is 1.99. The first-order valence-corrected chi connectivity index (χ1v) is 6.34. The summed E-state index contributed by atoms with van der Waals surface area (Å²) in [6.45, 7) is 4.16. The zero-order chi connectivity index (χ0) is 14.0. The van der Waals surface area contributed by atoms with E-state index in [0.29, 0.717) is 12.4 Å². The van der Waals surface area contributed by atoms with Gasteiger partial charge >= 0.3 is 0 Å². The van der Waals surface area contributed by atoms with Crippen LogP contribution in [0.3, 0.4) is 0 Å². The summed E-state index contributed by atoms with van der Waals surface area (Å²) >= 11 is 0.